The van der Waals surface area contributed by atoms with Gasteiger partial charge in [-0.1, -0.05) is 13.0 Å². The lowest BCUT2D eigenvalue weighted by Gasteiger charge is -2.14. The van der Waals surface area contributed by atoms with Crippen molar-refractivity contribution in [3.8, 4) is 11.5 Å². The van der Waals surface area contributed by atoms with Gasteiger partial charge in [-0.25, -0.2) is 0 Å². The first-order valence-electron chi connectivity index (χ1n) is 7.54. The molecule has 0 fully saturated rings. The second-order valence-corrected chi connectivity index (χ2v) is 4.96. The molecule has 1 aliphatic rings. The summed E-state index contributed by atoms with van der Waals surface area (Å²) >= 11 is 0. The van der Waals surface area contributed by atoms with Crippen molar-refractivity contribution < 1.29 is 24.1 Å². The molecule has 1 unspecified atom stereocenters. The van der Waals surface area contributed by atoms with E-state index in [2.05, 4.69) is 6.92 Å². The van der Waals surface area contributed by atoms with Crippen LogP contribution in [0.1, 0.15) is 31.4 Å². The Bertz CT molecular complexity index is 421. The summed E-state index contributed by atoms with van der Waals surface area (Å²) < 4.78 is 21.9. The van der Waals surface area contributed by atoms with E-state index >= 15 is 0 Å². The third-order valence-electron chi connectivity index (χ3n) is 3.15. The minimum atomic E-state index is -0.673. The minimum Gasteiger partial charge on any atom is -0.490 e. The van der Waals surface area contributed by atoms with Crippen LogP contribution in [-0.4, -0.2) is 44.7 Å². The lowest BCUT2D eigenvalue weighted by Crippen LogP contribution is -2.11. The molecule has 1 aliphatic heterocycles. The Labute approximate surface area is 125 Å². The van der Waals surface area contributed by atoms with Gasteiger partial charge in [0.15, 0.2) is 11.5 Å². The first-order chi connectivity index (χ1) is 10.3. The van der Waals surface area contributed by atoms with Crippen molar-refractivity contribution in [2.75, 3.05) is 39.6 Å². The molecule has 0 amide bonds. The second kappa shape index (κ2) is 8.87. The SMILES string of the molecule is CCCOCCOCC(O)c1ccc2c(c1)OCCCO2. The number of benzene rings is 1. The molecular weight excluding hydrogens is 272 g/mol. The highest BCUT2D eigenvalue weighted by atomic mass is 16.5. The third-order valence-corrected chi connectivity index (χ3v) is 3.15. The van der Waals surface area contributed by atoms with Gasteiger partial charge in [0.1, 0.15) is 6.10 Å². The molecule has 0 aromatic heterocycles. The van der Waals surface area contributed by atoms with Crippen molar-refractivity contribution >= 4 is 0 Å². The molecule has 0 spiro atoms. The first kappa shape index (κ1) is 16.1. The number of hydrogen-bond acceptors (Lipinski definition) is 5. The largest absolute Gasteiger partial charge is 0.490 e. The third kappa shape index (κ3) is 5.19. The topological polar surface area (TPSA) is 57.2 Å². The van der Waals surface area contributed by atoms with Crippen molar-refractivity contribution in [3.05, 3.63) is 23.8 Å². The van der Waals surface area contributed by atoms with Gasteiger partial charge in [-0.2, -0.15) is 0 Å². The smallest absolute Gasteiger partial charge is 0.161 e. The van der Waals surface area contributed by atoms with E-state index in [0.717, 1.165) is 30.8 Å². The summed E-state index contributed by atoms with van der Waals surface area (Å²) in [5, 5.41) is 10.1. The lowest BCUT2D eigenvalue weighted by molar-refractivity contribution is 0.00319. The summed E-state index contributed by atoms with van der Waals surface area (Å²) in [5.41, 5.74) is 0.772. The van der Waals surface area contributed by atoms with Crippen LogP contribution in [-0.2, 0) is 9.47 Å². The first-order valence-corrected chi connectivity index (χ1v) is 7.54. The van der Waals surface area contributed by atoms with Crippen LogP contribution in [0.15, 0.2) is 18.2 Å². The van der Waals surface area contributed by atoms with Crippen LogP contribution in [0.4, 0.5) is 0 Å². The standard InChI is InChI=1S/C16H24O5/c1-2-6-18-9-10-19-12-14(17)13-4-5-15-16(11-13)21-8-3-7-20-15/h4-5,11,14,17H,2-3,6-10,12H2,1H3. The molecule has 1 aromatic carbocycles. The van der Waals surface area contributed by atoms with Gasteiger partial charge in [-0.05, 0) is 24.1 Å². The Morgan fingerprint density at radius 2 is 1.86 bits per heavy atom. The Morgan fingerprint density at radius 1 is 1.10 bits per heavy atom. The van der Waals surface area contributed by atoms with Gasteiger partial charge in [0.05, 0.1) is 33.0 Å². The molecule has 5 heteroatoms. The predicted molar refractivity (Wildman–Crippen MR) is 78.9 cm³/mol. The van der Waals surface area contributed by atoms with Gasteiger partial charge in [-0.3, -0.25) is 0 Å². The summed E-state index contributed by atoms with van der Waals surface area (Å²) in [5.74, 6) is 1.42. The van der Waals surface area contributed by atoms with E-state index < -0.39 is 6.10 Å². The van der Waals surface area contributed by atoms with Gasteiger partial charge in [0.25, 0.3) is 0 Å². The number of aliphatic hydroxyl groups is 1. The zero-order valence-corrected chi connectivity index (χ0v) is 12.5. The number of aliphatic hydroxyl groups excluding tert-OH is 1. The van der Waals surface area contributed by atoms with E-state index in [1.165, 1.54) is 0 Å². The fourth-order valence-electron chi connectivity index (χ4n) is 2.04. The zero-order chi connectivity index (χ0) is 14.9. The molecule has 1 atom stereocenters. The summed E-state index contributed by atoms with van der Waals surface area (Å²) in [6.07, 6.45) is 1.20. The Hall–Kier alpha value is -1.30. The Balaban J connectivity index is 1.79. The fourth-order valence-corrected chi connectivity index (χ4v) is 2.04. The highest BCUT2D eigenvalue weighted by molar-refractivity contribution is 5.44. The Kier molecular flexibility index (Phi) is 6.79. The van der Waals surface area contributed by atoms with E-state index in [-0.39, 0.29) is 6.61 Å². The van der Waals surface area contributed by atoms with Crippen LogP contribution in [0.25, 0.3) is 0 Å². The fraction of sp³-hybridized carbons (Fsp3) is 0.625. The van der Waals surface area contributed by atoms with Crippen LogP contribution in [0, 0.1) is 0 Å². The van der Waals surface area contributed by atoms with Gasteiger partial charge in [0.2, 0.25) is 0 Å². The van der Waals surface area contributed by atoms with Gasteiger partial charge in [0, 0.05) is 13.0 Å². The zero-order valence-electron chi connectivity index (χ0n) is 12.5. The van der Waals surface area contributed by atoms with E-state index in [4.69, 9.17) is 18.9 Å². The van der Waals surface area contributed by atoms with Crippen molar-refractivity contribution in [1.82, 2.24) is 0 Å². The maximum atomic E-state index is 10.1. The van der Waals surface area contributed by atoms with Crippen LogP contribution < -0.4 is 9.47 Å². The highest BCUT2D eigenvalue weighted by Crippen LogP contribution is 2.32. The quantitative estimate of drug-likeness (QED) is 0.746. The molecule has 5 nitrogen and oxygen atoms in total. The van der Waals surface area contributed by atoms with Crippen LogP contribution in [0.3, 0.4) is 0 Å². The van der Waals surface area contributed by atoms with Crippen LogP contribution >= 0.6 is 0 Å². The molecule has 1 aromatic rings. The van der Waals surface area contributed by atoms with Crippen molar-refractivity contribution in [2.24, 2.45) is 0 Å². The minimum absolute atomic E-state index is 0.245. The molecule has 2 rings (SSSR count). The normalized spacial score (nSPS) is 15.5. The molecule has 1 N–H and O–H groups in total. The molecule has 0 radical (unpaired) electrons. The summed E-state index contributed by atoms with van der Waals surface area (Å²) in [6, 6.07) is 5.50. The number of hydrogen-bond donors (Lipinski definition) is 1. The Morgan fingerprint density at radius 3 is 2.67 bits per heavy atom. The summed E-state index contributed by atoms with van der Waals surface area (Å²) in [7, 11) is 0. The molecule has 0 saturated carbocycles. The molecule has 21 heavy (non-hydrogen) atoms. The van der Waals surface area contributed by atoms with E-state index in [1.54, 1.807) is 0 Å². The van der Waals surface area contributed by atoms with E-state index in [0.29, 0.717) is 32.2 Å². The average molecular weight is 296 g/mol. The van der Waals surface area contributed by atoms with Gasteiger partial charge in [-0.15, -0.1) is 0 Å². The van der Waals surface area contributed by atoms with E-state index in [9.17, 15) is 5.11 Å². The van der Waals surface area contributed by atoms with Gasteiger partial charge < -0.3 is 24.1 Å². The predicted octanol–water partition coefficient (Wildman–Crippen LogP) is 2.32. The van der Waals surface area contributed by atoms with Crippen LogP contribution in [0.2, 0.25) is 0 Å². The summed E-state index contributed by atoms with van der Waals surface area (Å²) in [6.45, 7) is 5.40. The van der Waals surface area contributed by atoms with Crippen LogP contribution in [0.5, 0.6) is 11.5 Å². The second-order valence-electron chi connectivity index (χ2n) is 4.96. The number of fused-ring (bicyclic) bond motifs is 1. The van der Waals surface area contributed by atoms with Crippen molar-refractivity contribution in [3.63, 3.8) is 0 Å². The molecule has 0 aliphatic carbocycles. The lowest BCUT2D eigenvalue weighted by atomic mass is 10.1. The molecule has 0 bridgehead atoms. The number of rotatable bonds is 8. The van der Waals surface area contributed by atoms with Crippen molar-refractivity contribution in [2.45, 2.75) is 25.9 Å². The average Bonchev–Trinajstić information content (AvgIpc) is 2.75. The molecule has 118 valence electrons. The van der Waals surface area contributed by atoms with E-state index in [1.807, 2.05) is 18.2 Å². The maximum absolute atomic E-state index is 10.1. The summed E-state index contributed by atoms with van der Waals surface area (Å²) in [4.78, 5) is 0. The molecule has 0 saturated heterocycles. The molecule has 1 heterocycles. The highest BCUT2D eigenvalue weighted by Gasteiger charge is 2.14. The van der Waals surface area contributed by atoms with Crippen molar-refractivity contribution in [1.29, 1.82) is 0 Å². The number of ether oxygens (including phenoxy) is 4. The molecular formula is C16H24O5. The monoisotopic (exact) mass is 296 g/mol. The van der Waals surface area contributed by atoms with Gasteiger partial charge >= 0.3 is 0 Å². The maximum Gasteiger partial charge on any atom is 0.161 e.